The molecule has 1 amide bonds. The van der Waals surface area contributed by atoms with Crippen LogP contribution in [0.5, 0.6) is 11.5 Å². The molecular weight excluding hydrogens is 314 g/mol. The Morgan fingerprint density at radius 2 is 1.68 bits per heavy atom. The lowest BCUT2D eigenvalue weighted by atomic mass is 10.0. The molecule has 2 aromatic carbocycles. The molecular formula is C21H27NO3. The van der Waals surface area contributed by atoms with Crippen LogP contribution in [-0.4, -0.2) is 19.1 Å². The van der Waals surface area contributed by atoms with Crippen molar-refractivity contribution < 1.29 is 14.3 Å². The molecule has 0 aliphatic rings. The standard InChI is InChI=1S/C21H27NO3/c1-6-20(17-8-11-18(24-5)12-9-17)22-21(23)16(4)25-19-10-7-14(2)15(3)13-19/h7-13,16,20H,6H2,1-5H3,(H,22,23). The Kier molecular flexibility index (Phi) is 6.45. The van der Waals surface area contributed by atoms with Gasteiger partial charge in [0, 0.05) is 0 Å². The Labute approximate surface area is 150 Å². The number of hydrogen-bond acceptors (Lipinski definition) is 3. The van der Waals surface area contributed by atoms with Gasteiger partial charge in [-0.2, -0.15) is 0 Å². The third-order valence-electron chi connectivity index (χ3n) is 4.40. The van der Waals surface area contributed by atoms with E-state index in [0.717, 1.165) is 23.3 Å². The molecule has 0 aromatic heterocycles. The van der Waals surface area contributed by atoms with Gasteiger partial charge in [-0.1, -0.05) is 25.1 Å². The normalized spacial score (nSPS) is 13.0. The summed E-state index contributed by atoms with van der Waals surface area (Å²) in [6.45, 7) is 7.90. The molecule has 0 spiro atoms. The van der Waals surface area contributed by atoms with Crippen LogP contribution in [0.1, 0.15) is 43.0 Å². The van der Waals surface area contributed by atoms with Crippen molar-refractivity contribution in [2.24, 2.45) is 0 Å². The highest BCUT2D eigenvalue weighted by Crippen LogP contribution is 2.21. The van der Waals surface area contributed by atoms with Gasteiger partial charge < -0.3 is 14.8 Å². The van der Waals surface area contributed by atoms with Gasteiger partial charge in [0.05, 0.1) is 13.2 Å². The average Bonchev–Trinajstić information content (AvgIpc) is 2.62. The van der Waals surface area contributed by atoms with Crippen LogP contribution in [-0.2, 0) is 4.79 Å². The molecule has 2 aromatic rings. The van der Waals surface area contributed by atoms with Crippen LogP contribution in [0.15, 0.2) is 42.5 Å². The number of amides is 1. The third-order valence-corrected chi connectivity index (χ3v) is 4.40. The molecule has 2 unspecified atom stereocenters. The summed E-state index contributed by atoms with van der Waals surface area (Å²) in [5.41, 5.74) is 3.40. The summed E-state index contributed by atoms with van der Waals surface area (Å²) >= 11 is 0. The quantitative estimate of drug-likeness (QED) is 0.814. The molecule has 0 aliphatic carbocycles. The minimum atomic E-state index is -0.561. The summed E-state index contributed by atoms with van der Waals surface area (Å²) in [5, 5.41) is 3.06. The van der Waals surface area contributed by atoms with Crippen molar-refractivity contribution in [3.05, 3.63) is 59.2 Å². The highest BCUT2D eigenvalue weighted by atomic mass is 16.5. The number of hydrogen-bond donors (Lipinski definition) is 1. The Morgan fingerprint density at radius 3 is 2.24 bits per heavy atom. The monoisotopic (exact) mass is 341 g/mol. The first-order chi connectivity index (χ1) is 11.9. The Balaban J connectivity index is 2.01. The number of methoxy groups -OCH3 is 1. The smallest absolute Gasteiger partial charge is 0.261 e. The van der Waals surface area contributed by atoms with Gasteiger partial charge >= 0.3 is 0 Å². The summed E-state index contributed by atoms with van der Waals surface area (Å²) in [5.74, 6) is 1.39. The zero-order valence-corrected chi connectivity index (χ0v) is 15.6. The summed E-state index contributed by atoms with van der Waals surface area (Å²) in [6.07, 6.45) is 0.239. The zero-order chi connectivity index (χ0) is 18.4. The van der Waals surface area contributed by atoms with Crippen LogP contribution in [0, 0.1) is 13.8 Å². The second-order valence-electron chi connectivity index (χ2n) is 6.25. The summed E-state index contributed by atoms with van der Waals surface area (Å²) < 4.78 is 11.0. The highest BCUT2D eigenvalue weighted by Gasteiger charge is 2.19. The van der Waals surface area contributed by atoms with Crippen molar-refractivity contribution in [3.8, 4) is 11.5 Å². The molecule has 134 valence electrons. The molecule has 0 fully saturated rings. The van der Waals surface area contributed by atoms with Gasteiger partial charge in [0.2, 0.25) is 0 Å². The van der Waals surface area contributed by atoms with E-state index in [0.29, 0.717) is 5.75 Å². The van der Waals surface area contributed by atoms with E-state index >= 15 is 0 Å². The average molecular weight is 341 g/mol. The fourth-order valence-corrected chi connectivity index (χ4v) is 2.59. The molecule has 2 rings (SSSR count). The van der Waals surface area contributed by atoms with E-state index < -0.39 is 6.10 Å². The van der Waals surface area contributed by atoms with Crippen molar-refractivity contribution >= 4 is 5.91 Å². The molecule has 4 heteroatoms. The van der Waals surface area contributed by atoms with E-state index in [-0.39, 0.29) is 11.9 Å². The van der Waals surface area contributed by atoms with Crippen molar-refractivity contribution in [1.82, 2.24) is 5.32 Å². The molecule has 1 N–H and O–H groups in total. The Hall–Kier alpha value is -2.49. The third kappa shape index (κ3) is 4.99. The SMILES string of the molecule is CCC(NC(=O)C(C)Oc1ccc(C)c(C)c1)c1ccc(OC)cc1. The zero-order valence-electron chi connectivity index (χ0n) is 15.6. The van der Waals surface area contributed by atoms with Gasteiger partial charge in [-0.25, -0.2) is 0 Å². The largest absolute Gasteiger partial charge is 0.497 e. The number of rotatable bonds is 7. The lowest BCUT2D eigenvalue weighted by Gasteiger charge is -2.21. The fraction of sp³-hybridized carbons (Fsp3) is 0.381. The second-order valence-corrected chi connectivity index (χ2v) is 6.25. The van der Waals surface area contributed by atoms with Crippen molar-refractivity contribution in [1.29, 1.82) is 0 Å². The van der Waals surface area contributed by atoms with E-state index in [2.05, 4.69) is 12.2 Å². The minimum absolute atomic E-state index is 0.0517. The topological polar surface area (TPSA) is 47.6 Å². The van der Waals surface area contributed by atoms with Gasteiger partial charge in [-0.05, 0) is 68.1 Å². The van der Waals surface area contributed by atoms with Crippen molar-refractivity contribution in [3.63, 3.8) is 0 Å². The maximum atomic E-state index is 12.5. The number of benzene rings is 2. The molecule has 2 atom stereocenters. The number of ether oxygens (including phenoxy) is 2. The van der Waals surface area contributed by atoms with Gasteiger partial charge in [0.25, 0.3) is 5.91 Å². The Bertz CT molecular complexity index is 710. The maximum absolute atomic E-state index is 12.5. The molecule has 25 heavy (non-hydrogen) atoms. The van der Waals surface area contributed by atoms with Crippen molar-refractivity contribution in [2.75, 3.05) is 7.11 Å². The molecule has 0 bridgehead atoms. The first kappa shape index (κ1) is 18.8. The van der Waals surface area contributed by atoms with Crippen LogP contribution in [0.3, 0.4) is 0 Å². The van der Waals surface area contributed by atoms with E-state index in [1.54, 1.807) is 14.0 Å². The van der Waals surface area contributed by atoms with Crippen LogP contribution in [0.2, 0.25) is 0 Å². The minimum Gasteiger partial charge on any atom is -0.497 e. The van der Waals surface area contributed by atoms with Crippen molar-refractivity contribution in [2.45, 2.75) is 46.3 Å². The van der Waals surface area contributed by atoms with E-state index in [9.17, 15) is 4.79 Å². The molecule has 0 saturated heterocycles. The lowest BCUT2D eigenvalue weighted by molar-refractivity contribution is -0.128. The van der Waals surface area contributed by atoms with Gasteiger partial charge in [0.15, 0.2) is 6.10 Å². The fourth-order valence-electron chi connectivity index (χ4n) is 2.59. The predicted octanol–water partition coefficient (Wildman–Crippen LogP) is 4.35. The van der Waals surface area contributed by atoms with E-state index in [1.165, 1.54) is 5.56 Å². The highest BCUT2D eigenvalue weighted by molar-refractivity contribution is 5.81. The van der Waals surface area contributed by atoms with E-state index in [4.69, 9.17) is 9.47 Å². The van der Waals surface area contributed by atoms with Crippen LogP contribution in [0.25, 0.3) is 0 Å². The second kappa shape index (κ2) is 8.56. The molecule has 4 nitrogen and oxygen atoms in total. The van der Waals surface area contributed by atoms with Gasteiger partial charge in [0.1, 0.15) is 11.5 Å². The summed E-state index contributed by atoms with van der Waals surface area (Å²) in [6, 6.07) is 13.6. The number of carbonyl (C=O) groups is 1. The molecule has 0 radical (unpaired) electrons. The number of carbonyl (C=O) groups excluding carboxylic acids is 1. The summed E-state index contributed by atoms with van der Waals surface area (Å²) in [4.78, 5) is 12.5. The maximum Gasteiger partial charge on any atom is 0.261 e. The van der Waals surface area contributed by atoms with E-state index in [1.807, 2.05) is 56.3 Å². The first-order valence-electron chi connectivity index (χ1n) is 8.62. The number of aryl methyl sites for hydroxylation is 2. The number of nitrogens with one attached hydrogen (secondary N) is 1. The molecule has 0 heterocycles. The lowest BCUT2D eigenvalue weighted by Crippen LogP contribution is -2.38. The molecule has 0 aliphatic heterocycles. The first-order valence-corrected chi connectivity index (χ1v) is 8.62. The predicted molar refractivity (Wildman–Crippen MR) is 100 cm³/mol. The Morgan fingerprint density at radius 1 is 1.04 bits per heavy atom. The van der Waals surface area contributed by atoms with Crippen LogP contribution >= 0.6 is 0 Å². The van der Waals surface area contributed by atoms with Gasteiger partial charge in [-0.15, -0.1) is 0 Å². The summed E-state index contributed by atoms with van der Waals surface area (Å²) in [7, 11) is 1.64. The van der Waals surface area contributed by atoms with Gasteiger partial charge in [-0.3, -0.25) is 4.79 Å². The molecule has 0 saturated carbocycles. The van der Waals surface area contributed by atoms with Crippen LogP contribution in [0.4, 0.5) is 0 Å². The van der Waals surface area contributed by atoms with Crippen LogP contribution < -0.4 is 14.8 Å².